The largest absolute Gasteiger partial charge is 0.318 e. The number of amides is 1. The summed E-state index contributed by atoms with van der Waals surface area (Å²) >= 11 is 13.8. The number of nitrogens with one attached hydrogen (secondary N) is 1. The Morgan fingerprint density at radius 3 is 2.60 bits per heavy atom. The summed E-state index contributed by atoms with van der Waals surface area (Å²) in [6, 6.07) is 15.7. The van der Waals surface area contributed by atoms with Crippen LogP contribution in [0, 0.1) is 20.8 Å². The molecule has 0 fully saturated rings. The van der Waals surface area contributed by atoms with Crippen molar-refractivity contribution < 1.29 is 4.79 Å². The predicted molar refractivity (Wildman–Crippen MR) is 128 cm³/mol. The quantitative estimate of drug-likeness (QED) is 0.343. The van der Waals surface area contributed by atoms with Crippen molar-refractivity contribution in [3.05, 3.63) is 86.7 Å². The van der Waals surface area contributed by atoms with Gasteiger partial charge in [-0.2, -0.15) is 5.10 Å². The van der Waals surface area contributed by atoms with Crippen molar-refractivity contribution in [1.82, 2.24) is 9.99 Å². The highest BCUT2D eigenvalue weighted by Crippen LogP contribution is 2.27. The predicted octanol–water partition coefficient (Wildman–Crippen LogP) is 6.09. The Labute approximate surface area is 191 Å². The van der Waals surface area contributed by atoms with E-state index >= 15 is 0 Å². The lowest BCUT2D eigenvalue weighted by Crippen LogP contribution is -2.19. The second-order valence-electron chi connectivity index (χ2n) is 6.97. The summed E-state index contributed by atoms with van der Waals surface area (Å²) in [5, 5.41) is 5.15. The van der Waals surface area contributed by atoms with Crippen LogP contribution in [0.15, 0.2) is 53.6 Å². The number of carbonyl (C=O) groups excluding carboxylic acids is 1. The molecule has 3 aromatic rings. The molecule has 1 amide bonds. The van der Waals surface area contributed by atoms with Gasteiger partial charge in [0.2, 0.25) is 5.91 Å². The van der Waals surface area contributed by atoms with Gasteiger partial charge in [0.05, 0.1) is 22.0 Å². The standard InChI is InChI=1S/C23H23Cl2N3OS/c1-15-6-4-5-7-18(15)13-30-14-23(29)27-26-12-19-10-16(2)28(17(19)3)20-8-9-21(24)22(25)11-20/h4-12H,13-14H2,1-3H3,(H,27,29)/b26-12+. The van der Waals surface area contributed by atoms with Crippen molar-refractivity contribution in [2.45, 2.75) is 26.5 Å². The molecule has 0 aliphatic carbocycles. The molecule has 2 aromatic carbocycles. The zero-order valence-electron chi connectivity index (χ0n) is 17.1. The minimum absolute atomic E-state index is 0.122. The van der Waals surface area contributed by atoms with Crippen LogP contribution in [0.3, 0.4) is 0 Å². The molecule has 0 spiro atoms. The second-order valence-corrected chi connectivity index (χ2v) is 8.77. The normalized spacial score (nSPS) is 11.2. The van der Waals surface area contributed by atoms with E-state index in [4.69, 9.17) is 23.2 Å². The summed E-state index contributed by atoms with van der Waals surface area (Å²) in [4.78, 5) is 12.1. The SMILES string of the molecule is Cc1ccccc1CSCC(=O)N/N=C/c1cc(C)n(-c2ccc(Cl)c(Cl)c2)c1C. The van der Waals surface area contributed by atoms with Crippen molar-refractivity contribution in [1.29, 1.82) is 0 Å². The summed E-state index contributed by atoms with van der Waals surface area (Å²) in [6.07, 6.45) is 1.67. The number of hydrogen-bond acceptors (Lipinski definition) is 3. The van der Waals surface area contributed by atoms with E-state index in [2.05, 4.69) is 34.2 Å². The first-order chi connectivity index (χ1) is 14.4. The highest BCUT2D eigenvalue weighted by molar-refractivity contribution is 7.99. The van der Waals surface area contributed by atoms with Crippen LogP contribution in [0.25, 0.3) is 5.69 Å². The fraction of sp³-hybridized carbons (Fsp3) is 0.217. The maximum absolute atomic E-state index is 12.1. The average Bonchev–Trinajstić information content (AvgIpc) is 2.99. The third-order valence-electron chi connectivity index (χ3n) is 4.78. The average molecular weight is 460 g/mol. The lowest BCUT2D eigenvalue weighted by molar-refractivity contribution is -0.118. The molecule has 0 aliphatic rings. The number of aryl methyl sites for hydroxylation is 2. The molecule has 0 radical (unpaired) electrons. The van der Waals surface area contributed by atoms with Crippen LogP contribution in [0.2, 0.25) is 10.0 Å². The Balaban J connectivity index is 1.59. The molecule has 4 nitrogen and oxygen atoms in total. The molecule has 0 saturated heterocycles. The zero-order chi connectivity index (χ0) is 21.7. The van der Waals surface area contributed by atoms with Gasteiger partial charge >= 0.3 is 0 Å². The maximum atomic E-state index is 12.1. The molecule has 0 atom stereocenters. The van der Waals surface area contributed by atoms with Crippen molar-refractivity contribution in [2.24, 2.45) is 5.10 Å². The molecular formula is C23H23Cl2N3OS. The fourth-order valence-electron chi connectivity index (χ4n) is 3.17. The topological polar surface area (TPSA) is 46.4 Å². The first kappa shape index (κ1) is 22.5. The van der Waals surface area contributed by atoms with Crippen molar-refractivity contribution >= 4 is 47.1 Å². The number of thioether (sulfide) groups is 1. The number of halogens is 2. The maximum Gasteiger partial charge on any atom is 0.250 e. The Morgan fingerprint density at radius 2 is 1.87 bits per heavy atom. The van der Waals surface area contributed by atoms with Crippen LogP contribution < -0.4 is 5.43 Å². The van der Waals surface area contributed by atoms with E-state index < -0.39 is 0 Å². The highest BCUT2D eigenvalue weighted by atomic mass is 35.5. The van der Waals surface area contributed by atoms with Gasteiger partial charge in [0, 0.05) is 28.4 Å². The van der Waals surface area contributed by atoms with E-state index in [9.17, 15) is 4.79 Å². The number of hydrazone groups is 1. The van der Waals surface area contributed by atoms with Crippen molar-refractivity contribution in [3.8, 4) is 5.69 Å². The molecule has 0 bridgehead atoms. The molecule has 156 valence electrons. The van der Waals surface area contributed by atoms with Gasteiger partial charge in [0.15, 0.2) is 0 Å². The molecule has 0 unspecified atom stereocenters. The molecule has 7 heteroatoms. The first-order valence-corrected chi connectivity index (χ1v) is 11.4. The van der Waals surface area contributed by atoms with E-state index in [1.54, 1.807) is 24.0 Å². The molecule has 30 heavy (non-hydrogen) atoms. The first-order valence-electron chi connectivity index (χ1n) is 9.45. The minimum atomic E-state index is -0.122. The number of benzene rings is 2. The Hall–Kier alpha value is -2.21. The van der Waals surface area contributed by atoms with Crippen molar-refractivity contribution in [3.63, 3.8) is 0 Å². The van der Waals surface area contributed by atoms with Gasteiger partial charge in [-0.3, -0.25) is 4.79 Å². The summed E-state index contributed by atoms with van der Waals surface area (Å²) in [7, 11) is 0. The number of hydrogen-bond donors (Lipinski definition) is 1. The van der Waals surface area contributed by atoms with Gasteiger partial charge in [-0.15, -0.1) is 11.8 Å². The van der Waals surface area contributed by atoms with Crippen LogP contribution in [-0.4, -0.2) is 22.4 Å². The van der Waals surface area contributed by atoms with Gasteiger partial charge in [-0.05, 0) is 56.2 Å². The second kappa shape index (κ2) is 10.2. The monoisotopic (exact) mass is 459 g/mol. The van der Waals surface area contributed by atoms with E-state index in [1.807, 2.05) is 44.2 Å². The molecule has 0 saturated carbocycles. The Morgan fingerprint density at radius 1 is 1.10 bits per heavy atom. The van der Waals surface area contributed by atoms with Crippen LogP contribution >= 0.6 is 35.0 Å². The van der Waals surface area contributed by atoms with E-state index in [-0.39, 0.29) is 5.91 Å². The molecule has 3 rings (SSSR count). The molecular weight excluding hydrogens is 437 g/mol. The number of nitrogens with zero attached hydrogens (tertiary/aromatic N) is 2. The minimum Gasteiger partial charge on any atom is -0.318 e. The third kappa shape index (κ3) is 5.48. The lowest BCUT2D eigenvalue weighted by Gasteiger charge is -2.10. The van der Waals surface area contributed by atoms with Crippen LogP contribution in [0.5, 0.6) is 0 Å². The number of rotatable bonds is 7. The molecule has 1 aromatic heterocycles. The van der Waals surface area contributed by atoms with Gasteiger partial charge in [0.25, 0.3) is 0 Å². The summed E-state index contributed by atoms with van der Waals surface area (Å²) in [5.41, 5.74) is 8.97. The number of carbonyl (C=O) groups is 1. The van der Waals surface area contributed by atoms with Crippen molar-refractivity contribution in [2.75, 3.05) is 5.75 Å². The Bertz CT molecular complexity index is 1090. The van der Waals surface area contributed by atoms with E-state index in [0.717, 1.165) is 28.4 Å². The summed E-state index contributed by atoms with van der Waals surface area (Å²) < 4.78 is 2.07. The highest BCUT2D eigenvalue weighted by Gasteiger charge is 2.11. The van der Waals surface area contributed by atoms with Crippen LogP contribution in [0.1, 0.15) is 28.1 Å². The van der Waals surface area contributed by atoms with Crippen LogP contribution in [-0.2, 0) is 10.5 Å². The van der Waals surface area contributed by atoms with Gasteiger partial charge < -0.3 is 4.57 Å². The smallest absolute Gasteiger partial charge is 0.250 e. The van der Waals surface area contributed by atoms with Gasteiger partial charge in [0.1, 0.15) is 0 Å². The van der Waals surface area contributed by atoms with Gasteiger partial charge in [-0.25, -0.2) is 5.43 Å². The molecule has 1 N–H and O–H groups in total. The fourth-order valence-corrected chi connectivity index (χ4v) is 4.36. The lowest BCUT2D eigenvalue weighted by atomic mass is 10.1. The molecule has 0 aliphatic heterocycles. The summed E-state index contributed by atoms with van der Waals surface area (Å²) in [6.45, 7) is 6.08. The molecule has 1 heterocycles. The summed E-state index contributed by atoms with van der Waals surface area (Å²) in [5.74, 6) is 1.03. The zero-order valence-corrected chi connectivity index (χ0v) is 19.4. The van der Waals surface area contributed by atoms with Gasteiger partial charge in [-0.1, -0.05) is 47.5 Å². The third-order valence-corrected chi connectivity index (χ3v) is 6.50. The van der Waals surface area contributed by atoms with E-state index in [1.165, 1.54) is 11.1 Å². The van der Waals surface area contributed by atoms with Crippen LogP contribution in [0.4, 0.5) is 0 Å². The number of aromatic nitrogens is 1. The Kier molecular flexibility index (Phi) is 7.64. The van der Waals surface area contributed by atoms with E-state index in [0.29, 0.717) is 15.8 Å².